The minimum atomic E-state index is -3.60. The van der Waals surface area contributed by atoms with Crippen LogP contribution in [0, 0.1) is 0 Å². The Kier molecular flexibility index (Phi) is 4.69. The Morgan fingerprint density at radius 1 is 1.12 bits per heavy atom. The van der Waals surface area contributed by atoms with Gasteiger partial charge in [-0.1, -0.05) is 31.2 Å². The van der Waals surface area contributed by atoms with E-state index < -0.39 is 10.0 Å². The van der Waals surface area contributed by atoms with Crippen LogP contribution < -0.4 is 10.0 Å². The Labute approximate surface area is 142 Å². The third-order valence-electron chi connectivity index (χ3n) is 4.20. The van der Waals surface area contributed by atoms with Gasteiger partial charge < -0.3 is 5.32 Å². The number of anilines is 1. The predicted octanol–water partition coefficient (Wildman–Crippen LogP) is 3.00. The molecule has 0 unspecified atom stereocenters. The summed E-state index contributed by atoms with van der Waals surface area (Å²) in [7, 11) is -3.60. The lowest BCUT2D eigenvalue weighted by Crippen LogP contribution is -2.27. The zero-order valence-corrected chi connectivity index (χ0v) is 14.3. The van der Waals surface area contributed by atoms with E-state index in [9.17, 15) is 13.2 Å². The number of carbonyl (C=O) groups is 1. The van der Waals surface area contributed by atoms with Crippen LogP contribution in [0.3, 0.4) is 0 Å². The van der Waals surface area contributed by atoms with E-state index in [2.05, 4.69) is 10.0 Å². The molecule has 1 amide bonds. The van der Waals surface area contributed by atoms with Crippen molar-refractivity contribution < 1.29 is 13.2 Å². The van der Waals surface area contributed by atoms with Crippen molar-refractivity contribution in [2.45, 2.75) is 37.1 Å². The second-order valence-corrected chi connectivity index (χ2v) is 7.55. The highest BCUT2D eigenvalue weighted by atomic mass is 32.2. The lowest BCUT2D eigenvalue weighted by atomic mass is 10.1. The number of hydrogen-bond acceptors (Lipinski definition) is 3. The molecule has 6 heteroatoms. The number of fused-ring (bicyclic) bond motifs is 1. The summed E-state index contributed by atoms with van der Waals surface area (Å²) in [6.45, 7) is 1.76. The summed E-state index contributed by atoms with van der Waals surface area (Å²) in [5.74, 6) is -0.105. The van der Waals surface area contributed by atoms with Crippen molar-refractivity contribution in [3.63, 3.8) is 0 Å². The van der Waals surface area contributed by atoms with E-state index in [0.29, 0.717) is 12.1 Å². The van der Waals surface area contributed by atoms with Gasteiger partial charge in [0.1, 0.15) is 0 Å². The van der Waals surface area contributed by atoms with Gasteiger partial charge in [0, 0.05) is 18.2 Å². The molecule has 0 radical (unpaired) electrons. The highest BCUT2D eigenvalue weighted by Gasteiger charge is 2.27. The molecule has 1 atom stereocenters. The Balaban J connectivity index is 1.75. The quantitative estimate of drug-likeness (QED) is 0.875. The maximum Gasteiger partial charge on any atom is 0.241 e. The van der Waals surface area contributed by atoms with Gasteiger partial charge in [0.15, 0.2) is 0 Å². The van der Waals surface area contributed by atoms with E-state index in [0.717, 1.165) is 18.4 Å². The fourth-order valence-corrected chi connectivity index (χ4v) is 4.15. The number of amides is 1. The maximum absolute atomic E-state index is 12.6. The molecule has 1 aliphatic rings. The van der Waals surface area contributed by atoms with Crippen LogP contribution in [0.4, 0.5) is 5.69 Å². The molecule has 0 aromatic heterocycles. The van der Waals surface area contributed by atoms with Crippen molar-refractivity contribution in [1.29, 1.82) is 0 Å². The first-order valence-electron chi connectivity index (χ1n) is 7.99. The van der Waals surface area contributed by atoms with Crippen LogP contribution in [-0.4, -0.2) is 14.3 Å². The number of rotatable bonds is 5. The summed E-state index contributed by atoms with van der Waals surface area (Å²) in [6, 6.07) is 13.9. The highest BCUT2D eigenvalue weighted by Crippen LogP contribution is 2.32. The van der Waals surface area contributed by atoms with Gasteiger partial charge in [-0.15, -0.1) is 0 Å². The van der Waals surface area contributed by atoms with Gasteiger partial charge in [0.05, 0.1) is 4.90 Å². The van der Waals surface area contributed by atoms with Crippen molar-refractivity contribution in [1.82, 2.24) is 4.72 Å². The zero-order valence-electron chi connectivity index (χ0n) is 13.5. The summed E-state index contributed by atoms with van der Waals surface area (Å²) in [5, 5.41) is 2.70. The standard InChI is InChI=1S/C18H20N2O3S/c1-2-18(21)19-14-8-10-15(11-9-14)24(22,23)20-17-12-7-13-5-3-4-6-16(13)17/h3-6,8-11,17,20H,2,7,12H2,1H3,(H,19,21)/t17-/m1/s1. The van der Waals surface area contributed by atoms with Gasteiger partial charge in [-0.3, -0.25) is 4.79 Å². The molecular formula is C18H20N2O3S. The normalized spacial score (nSPS) is 16.6. The fraction of sp³-hybridized carbons (Fsp3) is 0.278. The fourth-order valence-electron chi connectivity index (χ4n) is 2.90. The first kappa shape index (κ1) is 16.7. The van der Waals surface area contributed by atoms with E-state index in [4.69, 9.17) is 0 Å². The monoisotopic (exact) mass is 344 g/mol. The summed E-state index contributed by atoms with van der Waals surface area (Å²) in [5.41, 5.74) is 2.84. The maximum atomic E-state index is 12.6. The number of aryl methyl sites for hydroxylation is 1. The number of sulfonamides is 1. The average molecular weight is 344 g/mol. The Hall–Kier alpha value is -2.18. The minimum absolute atomic E-state index is 0.105. The molecule has 126 valence electrons. The second-order valence-electron chi connectivity index (χ2n) is 5.84. The largest absolute Gasteiger partial charge is 0.326 e. The summed E-state index contributed by atoms with van der Waals surface area (Å²) >= 11 is 0. The number of carbonyl (C=O) groups excluding carboxylic acids is 1. The molecule has 5 nitrogen and oxygen atoms in total. The van der Waals surface area contributed by atoms with E-state index in [1.807, 2.05) is 24.3 Å². The molecule has 2 aromatic carbocycles. The van der Waals surface area contributed by atoms with Crippen molar-refractivity contribution in [2.24, 2.45) is 0 Å². The van der Waals surface area contributed by atoms with Crippen molar-refractivity contribution in [3.8, 4) is 0 Å². The third-order valence-corrected chi connectivity index (χ3v) is 5.69. The van der Waals surface area contributed by atoms with Crippen molar-refractivity contribution >= 4 is 21.6 Å². The van der Waals surface area contributed by atoms with Crippen molar-refractivity contribution in [3.05, 3.63) is 59.7 Å². The minimum Gasteiger partial charge on any atom is -0.326 e. The SMILES string of the molecule is CCC(=O)Nc1ccc(S(=O)(=O)N[C@@H]2CCc3ccccc32)cc1. The summed E-state index contributed by atoms with van der Waals surface area (Å²) in [6.07, 6.45) is 2.03. The molecule has 0 fully saturated rings. The van der Waals surface area contributed by atoms with E-state index in [1.54, 1.807) is 19.1 Å². The number of benzene rings is 2. The molecule has 0 aliphatic heterocycles. The van der Waals surface area contributed by atoms with Crippen molar-refractivity contribution in [2.75, 3.05) is 5.32 Å². The average Bonchev–Trinajstić information content (AvgIpc) is 2.98. The summed E-state index contributed by atoms with van der Waals surface area (Å²) in [4.78, 5) is 11.6. The molecule has 24 heavy (non-hydrogen) atoms. The van der Waals surface area contributed by atoms with Crippen LogP contribution >= 0.6 is 0 Å². The molecule has 2 aromatic rings. The van der Waals surface area contributed by atoms with Gasteiger partial charge >= 0.3 is 0 Å². The summed E-state index contributed by atoms with van der Waals surface area (Å²) < 4.78 is 28.0. The Bertz CT molecular complexity index is 845. The first-order valence-corrected chi connectivity index (χ1v) is 9.48. The van der Waals surface area contributed by atoms with E-state index in [1.165, 1.54) is 17.7 Å². The van der Waals surface area contributed by atoms with Gasteiger partial charge in [0.25, 0.3) is 0 Å². The molecule has 2 N–H and O–H groups in total. The van der Waals surface area contributed by atoms with Gasteiger partial charge in [-0.25, -0.2) is 13.1 Å². The smallest absolute Gasteiger partial charge is 0.241 e. The number of nitrogens with one attached hydrogen (secondary N) is 2. The van der Waals surface area contributed by atoms with Crippen LogP contribution in [0.1, 0.15) is 36.9 Å². The third kappa shape index (κ3) is 3.49. The first-order chi connectivity index (χ1) is 11.5. The molecule has 0 heterocycles. The lowest BCUT2D eigenvalue weighted by molar-refractivity contribution is -0.115. The Morgan fingerprint density at radius 2 is 1.83 bits per heavy atom. The van der Waals surface area contributed by atoms with E-state index >= 15 is 0 Å². The number of hydrogen-bond donors (Lipinski definition) is 2. The van der Waals surface area contributed by atoms with Gasteiger partial charge in [-0.05, 0) is 48.2 Å². The second kappa shape index (κ2) is 6.75. The highest BCUT2D eigenvalue weighted by molar-refractivity contribution is 7.89. The molecule has 0 bridgehead atoms. The predicted molar refractivity (Wildman–Crippen MR) is 93.2 cm³/mol. The molecule has 3 rings (SSSR count). The van der Waals surface area contributed by atoms with E-state index in [-0.39, 0.29) is 16.8 Å². The molecule has 1 aliphatic carbocycles. The van der Waals surface area contributed by atoms with Crippen LogP contribution in [-0.2, 0) is 21.2 Å². The zero-order chi connectivity index (χ0) is 17.2. The Morgan fingerprint density at radius 3 is 2.54 bits per heavy atom. The van der Waals surface area contributed by atoms with Crippen LogP contribution in [0.25, 0.3) is 0 Å². The van der Waals surface area contributed by atoms with Crippen LogP contribution in [0.15, 0.2) is 53.4 Å². The molecule has 0 saturated heterocycles. The van der Waals surface area contributed by atoms with Crippen LogP contribution in [0.2, 0.25) is 0 Å². The van der Waals surface area contributed by atoms with Gasteiger partial charge in [-0.2, -0.15) is 0 Å². The molecule has 0 spiro atoms. The van der Waals surface area contributed by atoms with Gasteiger partial charge in [0.2, 0.25) is 15.9 Å². The topological polar surface area (TPSA) is 75.3 Å². The molecular weight excluding hydrogens is 324 g/mol. The lowest BCUT2D eigenvalue weighted by Gasteiger charge is -2.15. The van der Waals surface area contributed by atoms with Crippen LogP contribution in [0.5, 0.6) is 0 Å². The molecule has 0 saturated carbocycles.